The molecule has 0 radical (unpaired) electrons. The van der Waals surface area contributed by atoms with Crippen molar-refractivity contribution < 1.29 is 9.15 Å². The van der Waals surface area contributed by atoms with Gasteiger partial charge in [-0.3, -0.25) is 0 Å². The number of furan rings is 1. The third kappa shape index (κ3) is 2.97. The summed E-state index contributed by atoms with van der Waals surface area (Å²) in [5.41, 5.74) is 3.22. The van der Waals surface area contributed by atoms with Crippen LogP contribution in [0.5, 0.6) is 5.75 Å². The number of aromatic nitrogens is 4. The normalized spacial score (nSPS) is 12.3. The molecule has 1 N–H and O–H groups in total. The van der Waals surface area contributed by atoms with E-state index in [0.717, 1.165) is 33.6 Å². The van der Waals surface area contributed by atoms with Gasteiger partial charge in [0.2, 0.25) is 0 Å². The quantitative estimate of drug-likeness (QED) is 0.485. The number of fused-ring (bicyclic) bond motifs is 3. The van der Waals surface area contributed by atoms with Crippen LogP contribution < -0.4 is 10.1 Å². The van der Waals surface area contributed by atoms with Crippen molar-refractivity contribution in [1.29, 1.82) is 0 Å². The van der Waals surface area contributed by atoms with Gasteiger partial charge in [0.25, 0.3) is 0 Å². The van der Waals surface area contributed by atoms with Gasteiger partial charge in [0.05, 0.1) is 7.11 Å². The predicted octanol–water partition coefficient (Wildman–Crippen LogP) is 4.32. The Hall–Kier alpha value is -3.87. The van der Waals surface area contributed by atoms with Crippen molar-refractivity contribution in [3.8, 4) is 5.75 Å². The zero-order valence-electron chi connectivity index (χ0n) is 16.0. The number of methoxy groups -OCH3 is 1. The molecule has 7 nitrogen and oxygen atoms in total. The molecular weight excluding hydrogens is 366 g/mol. The van der Waals surface area contributed by atoms with Gasteiger partial charge >= 0.3 is 0 Å². The maximum absolute atomic E-state index is 6.07. The van der Waals surface area contributed by atoms with Crippen LogP contribution in [-0.4, -0.2) is 26.6 Å². The predicted molar refractivity (Wildman–Crippen MR) is 111 cm³/mol. The number of anilines is 1. The molecule has 0 aliphatic heterocycles. The van der Waals surface area contributed by atoms with Crippen LogP contribution >= 0.6 is 0 Å². The van der Waals surface area contributed by atoms with E-state index in [4.69, 9.17) is 9.15 Å². The summed E-state index contributed by atoms with van der Waals surface area (Å²) in [6.07, 6.45) is 5.25. The van der Waals surface area contributed by atoms with Gasteiger partial charge in [0, 0.05) is 24.8 Å². The maximum atomic E-state index is 6.07. The van der Waals surface area contributed by atoms with Gasteiger partial charge in [-0.15, -0.1) is 0 Å². The number of benzene rings is 2. The zero-order valence-corrected chi connectivity index (χ0v) is 16.0. The Balaban J connectivity index is 1.63. The Morgan fingerprint density at radius 1 is 1.03 bits per heavy atom. The number of imidazole rings is 1. The first-order valence-electron chi connectivity index (χ1n) is 9.24. The Morgan fingerprint density at radius 3 is 2.62 bits per heavy atom. The van der Waals surface area contributed by atoms with E-state index < -0.39 is 0 Å². The lowest BCUT2D eigenvalue weighted by Crippen LogP contribution is -2.17. The maximum Gasteiger partial charge on any atom is 0.196 e. The molecule has 0 bridgehead atoms. The highest BCUT2D eigenvalue weighted by molar-refractivity contribution is 6.05. The average Bonchev–Trinajstić information content (AvgIpc) is 3.36. The SMILES string of the molecule is COc1ccc(C(Nc2ncnc3c2oc2ccccc23)c2nccn2C)cc1. The standard InChI is InChI=1S/C22H19N5O2/c1-27-12-11-23-22(27)18(14-7-9-15(28-2)10-8-14)26-21-20-19(24-13-25-21)16-5-3-4-6-17(16)29-20/h3-13,18H,1-2H3,(H,24,25,26). The van der Waals surface area contributed by atoms with Crippen LogP contribution in [0.25, 0.3) is 22.1 Å². The van der Waals surface area contributed by atoms with Gasteiger partial charge in [-0.25, -0.2) is 15.0 Å². The summed E-state index contributed by atoms with van der Waals surface area (Å²) in [4.78, 5) is 13.4. The Bertz CT molecular complexity index is 1290. The van der Waals surface area contributed by atoms with Crippen molar-refractivity contribution >= 4 is 27.9 Å². The Morgan fingerprint density at radius 2 is 1.86 bits per heavy atom. The number of rotatable bonds is 5. The molecule has 144 valence electrons. The minimum Gasteiger partial charge on any atom is -0.497 e. The fourth-order valence-corrected chi connectivity index (χ4v) is 3.51. The Kier molecular flexibility index (Phi) is 4.13. The summed E-state index contributed by atoms with van der Waals surface area (Å²) < 4.78 is 13.4. The minimum atomic E-state index is -0.229. The molecule has 0 spiro atoms. The topological polar surface area (TPSA) is 78.0 Å². The molecule has 0 fully saturated rings. The lowest BCUT2D eigenvalue weighted by Gasteiger charge is -2.20. The van der Waals surface area contributed by atoms with E-state index in [0.29, 0.717) is 11.4 Å². The molecule has 7 heteroatoms. The molecule has 29 heavy (non-hydrogen) atoms. The minimum absolute atomic E-state index is 0.229. The van der Waals surface area contributed by atoms with E-state index in [1.807, 2.05) is 66.3 Å². The second-order valence-corrected chi connectivity index (χ2v) is 6.75. The molecule has 0 aliphatic carbocycles. The van der Waals surface area contributed by atoms with Crippen LogP contribution in [0.2, 0.25) is 0 Å². The van der Waals surface area contributed by atoms with E-state index in [1.54, 1.807) is 19.6 Å². The third-order valence-electron chi connectivity index (χ3n) is 5.00. The first-order chi connectivity index (χ1) is 14.2. The smallest absolute Gasteiger partial charge is 0.196 e. The van der Waals surface area contributed by atoms with Crippen molar-refractivity contribution in [3.63, 3.8) is 0 Å². The number of hydrogen-bond acceptors (Lipinski definition) is 6. The zero-order chi connectivity index (χ0) is 19.8. The summed E-state index contributed by atoms with van der Waals surface area (Å²) in [6, 6.07) is 15.5. The van der Waals surface area contributed by atoms with Crippen LogP contribution in [-0.2, 0) is 7.05 Å². The highest BCUT2D eigenvalue weighted by Gasteiger charge is 2.22. The van der Waals surface area contributed by atoms with Crippen molar-refractivity contribution in [1.82, 2.24) is 19.5 Å². The monoisotopic (exact) mass is 385 g/mol. The summed E-state index contributed by atoms with van der Waals surface area (Å²) in [5, 5.41) is 4.47. The molecule has 5 rings (SSSR count). The molecule has 1 unspecified atom stereocenters. The lowest BCUT2D eigenvalue weighted by atomic mass is 10.1. The van der Waals surface area contributed by atoms with Gasteiger partial charge in [-0.05, 0) is 29.8 Å². The number of aryl methyl sites for hydroxylation is 1. The van der Waals surface area contributed by atoms with Crippen LogP contribution in [0, 0.1) is 0 Å². The summed E-state index contributed by atoms with van der Waals surface area (Å²) in [7, 11) is 3.62. The van der Waals surface area contributed by atoms with E-state index in [-0.39, 0.29) is 6.04 Å². The molecular formula is C22H19N5O2. The first kappa shape index (κ1) is 17.2. The van der Waals surface area contributed by atoms with E-state index in [9.17, 15) is 0 Å². The Labute approximate surface area is 167 Å². The van der Waals surface area contributed by atoms with Crippen LogP contribution in [0.1, 0.15) is 17.4 Å². The molecule has 5 aromatic rings. The molecule has 0 aliphatic rings. The number of para-hydroxylation sites is 1. The largest absolute Gasteiger partial charge is 0.497 e. The van der Waals surface area contributed by atoms with Gasteiger partial charge in [0.15, 0.2) is 11.4 Å². The highest BCUT2D eigenvalue weighted by Crippen LogP contribution is 2.33. The van der Waals surface area contributed by atoms with Gasteiger partial charge in [-0.2, -0.15) is 0 Å². The summed E-state index contributed by atoms with van der Waals surface area (Å²) >= 11 is 0. The second kappa shape index (κ2) is 6.94. The van der Waals surface area contributed by atoms with Gasteiger partial charge < -0.3 is 19.0 Å². The van der Waals surface area contributed by atoms with Crippen LogP contribution in [0.3, 0.4) is 0 Å². The summed E-state index contributed by atoms with van der Waals surface area (Å²) in [5.74, 6) is 2.28. The molecule has 3 heterocycles. The van der Waals surface area contributed by atoms with E-state index in [2.05, 4.69) is 20.3 Å². The molecule has 0 amide bonds. The number of ether oxygens (including phenoxy) is 1. The first-order valence-corrected chi connectivity index (χ1v) is 9.24. The lowest BCUT2D eigenvalue weighted by molar-refractivity contribution is 0.414. The summed E-state index contributed by atoms with van der Waals surface area (Å²) in [6.45, 7) is 0. The van der Waals surface area contributed by atoms with Crippen molar-refractivity contribution in [2.24, 2.45) is 7.05 Å². The average molecular weight is 385 g/mol. The van der Waals surface area contributed by atoms with E-state index in [1.165, 1.54) is 0 Å². The third-order valence-corrected chi connectivity index (χ3v) is 5.00. The molecule has 3 aromatic heterocycles. The number of hydrogen-bond donors (Lipinski definition) is 1. The number of nitrogens with one attached hydrogen (secondary N) is 1. The van der Waals surface area contributed by atoms with Gasteiger partial charge in [0.1, 0.15) is 35.0 Å². The van der Waals surface area contributed by atoms with E-state index >= 15 is 0 Å². The van der Waals surface area contributed by atoms with Crippen molar-refractivity contribution in [2.75, 3.05) is 12.4 Å². The van der Waals surface area contributed by atoms with Crippen LogP contribution in [0.4, 0.5) is 5.82 Å². The highest BCUT2D eigenvalue weighted by atomic mass is 16.5. The van der Waals surface area contributed by atoms with Crippen LogP contribution in [0.15, 0.2) is 71.7 Å². The molecule has 0 saturated carbocycles. The van der Waals surface area contributed by atoms with Gasteiger partial charge in [-0.1, -0.05) is 24.3 Å². The fourth-order valence-electron chi connectivity index (χ4n) is 3.51. The molecule has 0 saturated heterocycles. The fraction of sp³-hybridized carbons (Fsp3) is 0.136. The van der Waals surface area contributed by atoms with Crippen molar-refractivity contribution in [2.45, 2.75) is 6.04 Å². The molecule has 2 aromatic carbocycles. The second-order valence-electron chi connectivity index (χ2n) is 6.75. The number of nitrogens with zero attached hydrogens (tertiary/aromatic N) is 4. The van der Waals surface area contributed by atoms with Crippen molar-refractivity contribution in [3.05, 3.63) is 78.6 Å². The molecule has 1 atom stereocenters.